The fourth-order valence-corrected chi connectivity index (χ4v) is 1.45. The SMILES string of the molecule is COc1ccc(-c2ccon2)cc1C(F)(F)F. The lowest BCUT2D eigenvalue weighted by atomic mass is 10.1. The van der Waals surface area contributed by atoms with Gasteiger partial charge in [-0.2, -0.15) is 13.2 Å². The smallest absolute Gasteiger partial charge is 0.419 e. The minimum atomic E-state index is -4.47. The number of nitrogens with zero attached hydrogens (tertiary/aromatic N) is 1. The maximum absolute atomic E-state index is 12.7. The summed E-state index contributed by atoms with van der Waals surface area (Å²) in [6.45, 7) is 0. The molecule has 90 valence electrons. The van der Waals surface area contributed by atoms with E-state index in [1.54, 1.807) is 0 Å². The van der Waals surface area contributed by atoms with Gasteiger partial charge in [-0.1, -0.05) is 5.16 Å². The first-order valence-electron chi connectivity index (χ1n) is 4.68. The topological polar surface area (TPSA) is 35.3 Å². The van der Waals surface area contributed by atoms with Crippen LogP contribution in [0.4, 0.5) is 13.2 Å². The zero-order valence-electron chi connectivity index (χ0n) is 8.78. The van der Waals surface area contributed by atoms with Crippen molar-refractivity contribution in [3.8, 4) is 17.0 Å². The Labute approximate surface area is 94.8 Å². The summed E-state index contributed by atoms with van der Waals surface area (Å²) in [5.41, 5.74) is -0.162. The molecule has 0 unspecified atom stereocenters. The summed E-state index contributed by atoms with van der Waals surface area (Å²) in [5, 5.41) is 3.58. The molecule has 0 aliphatic heterocycles. The number of ether oxygens (including phenoxy) is 1. The highest BCUT2D eigenvalue weighted by atomic mass is 19.4. The van der Waals surface area contributed by atoms with E-state index >= 15 is 0 Å². The molecule has 0 aliphatic rings. The Kier molecular flexibility index (Phi) is 2.79. The van der Waals surface area contributed by atoms with E-state index in [9.17, 15) is 13.2 Å². The molecule has 17 heavy (non-hydrogen) atoms. The fourth-order valence-electron chi connectivity index (χ4n) is 1.45. The fraction of sp³-hybridized carbons (Fsp3) is 0.182. The maximum Gasteiger partial charge on any atom is 0.419 e. The number of hydrogen-bond acceptors (Lipinski definition) is 3. The van der Waals surface area contributed by atoms with Gasteiger partial charge in [0.25, 0.3) is 0 Å². The van der Waals surface area contributed by atoms with Crippen molar-refractivity contribution in [2.24, 2.45) is 0 Å². The van der Waals surface area contributed by atoms with Crippen LogP contribution < -0.4 is 4.74 Å². The van der Waals surface area contributed by atoms with Crippen LogP contribution in [-0.2, 0) is 6.18 Å². The van der Waals surface area contributed by atoms with Crippen LogP contribution in [0.25, 0.3) is 11.3 Å². The first-order valence-corrected chi connectivity index (χ1v) is 4.68. The van der Waals surface area contributed by atoms with Gasteiger partial charge in [0.1, 0.15) is 17.7 Å². The van der Waals surface area contributed by atoms with Gasteiger partial charge in [0.2, 0.25) is 0 Å². The largest absolute Gasteiger partial charge is 0.496 e. The molecule has 0 saturated heterocycles. The highest BCUT2D eigenvalue weighted by Crippen LogP contribution is 2.38. The molecule has 0 aliphatic carbocycles. The zero-order chi connectivity index (χ0) is 12.5. The van der Waals surface area contributed by atoms with Gasteiger partial charge in [-0.15, -0.1) is 0 Å². The standard InChI is InChI=1S/C11H8F3NO2/c1-16-10-3-2-7(9-4-5-17-15-9)6-8(10)11(12,13)14/h2-6H,1H3. The Morgan fingerprint density at radius 1 is 1.24 bits per heavy atom. The van der Waals surface area contributed by atoms with Crippen molar-refractivity contribution in [3.05, 3.63) is 36.1 Å². The Bertz CT molecular complexity index is 506. The molecule has 0 atom stereocenters. The molecule has 1 heterocycles. The minimum Gasteiger partial charge on any atom is -0.496 e. The molecule has 0 N–H and O–H groups in total. The van der Waals surface area contributed by atoms with Gasteiger partial charge in [0, 0.05) is 11.6 Å². The van der Waals surface area contributed by atoms with Crippen molar-refractivity contribution in [2.75, 3.05) is 7.11 Å². The number of hydrogen-bond donors (Lipinski definition) is 0. The van der Waals surface area contributed by atoms with Crippen molar-refractivity contribution in [3.63, 3.8) is 0 Å². The highest BCUT2D eigenvalue weighted by molar-refractivity contribution is 5.61. The van der Waals surface area contributed by atoms with Gasteiger partial charge >= 0.3 is 6.18 Å². The van der Waals surface area contributed by atoms with E-state index in [0.717, 1.165) is 6.07 Å². The first kappa shape index (κ1) is 11.5. The highest BCUT2D eigenvalue weighted by Gasteiger charge is 2.34. The molecular weight excluding hydrogens is 235 g/mol. The second-order valence-corrected chi connectivity index (χ2v) is 3.30. The summed E-state index contributed by atoms with van der Waals surface area (Å²) in [6, 6.07) is 5.22. The van der Waals surface area contributed by atoms with Gasteiger partial charge in [-0.05, 0) is 18.2 Å². The molecule has 1 aromatic heterocycles. The van der Waals surface area contributed by atoms with E-state index in [4.69, 9.17) is 0 Å². The molecule has 2 rings (SSSR count). The van der Waals surface area contributed by atoms with Gasteiger partial charge in [0.15, 0.2) is 0 Å². The third-order valence-electron chi connectivity index (χ3n) is 2.24. The van der Waals surface area contributed by atoms with Gasteiger partial charge in [-0.3, -0.25) is 0 Å². The van der Waals surface area contributed by atoms with Crippen LogP contribution in [0.3, 0.4) is 0 Å². The van der Waals surface area contributed by atoms with E-state index in [-0.39, 0.29) is 5.75 Å². The van der Waals surface area contributed by atoms with Crippen LogP contribution in [0.5, 0.6) is 5.75 Å². The predicted molar refractivity (Wildman–Crippen MR) is 53.5 cm³/mol. The summed E-state index contributed by atoms with van der Waals surface area (Å²) in [4.78, 5) is 0. The molecule has 0 radical (unpaired) electrons. The van der Waals surface area contributed by atoms with E-state index in [1.165, 1.54) is 31.6 Å². The van der Waals surface area contributed by atoms with Gasteiger partial charge in [0.05, 0.1) is 12.7 Å². The van der Waals surface area contributed by atoms with Crippen LogP contribution in [0.15, 0.2) is 35.1 Å². The summed E-state index contributed by atoms with van der Waals surface area (Å²) in [5.74, 6) is -0.218. The Morgan fingerprint density at radius 2 is 2.00 bits per heavy atom. The molecule has 0 fully saturated rings. The second-order valence-electron chi connectivity index (χ2n) is 3.30. The van der Waals surface area contributed by atoms with Crippen molar-refractivity contribution in [2.45, 2.75) is 6.18 Å². The normalized spacial score (nSPS) is 11.5. The summed E-state index contributed by atoms with van der Waals surface area (Å²) in [7, 11) is 1.19. The number of alkyl halides is 3. The van der Waals surface area contributed by atoms with E-state index in [1.807, 2.05) is 0 Å². The van der Waals surface area contributed by atoms with Crippen LogP contribution in [0.1, 0.15) is 5.56 Å². The lowest BCUT2D eigenvalue weighted by Crippen LogP contribution is -2.07. The van der Waals surface area contributed by atoms with E-state index in [0.29, 0.717) is 11.3 Å². The van der Waals surface area contributed by atoms with Gasteiger partial charge in [-0.25, -0.2) is 0 Å². The minimum absolute atomic E-state index is 0.218. The lowest BCUT2D eigenvalue weighted by molar-refractivity contribution is -0.138. The van der Waals surface area contributed by atoms with Gasteiger partial charge < -0.3 is 9.26 Å². The predicted octanol–water partition coefficient (Wildman–Crippen LogP) is 3.37. The molecule has 2 aromatic rings. The molecule has 0 saturated carbocycles. The van der Waals surface area contributed by atoms with Crippen molar-refractivity contribution in [1.29, 1.82) is 0 Å². The third-order valence-corrected chi connectivity index (χ3v) is 2.24. The van der Waals surface area contributed by atoms with Crippen molar-refractivity contribution >= 4 is 0 Å². The average Bonchev–Trinajstić information content (AvgIpc) is 2.80. The van der Waals surface area contributed by atoms with Crippen LogP contribution in [0, 0.1) is 0 Å². The second kappa shape index (κ2) is 4.12. The molecule has 0 amide bonds. The Morgan fingerprint density at radius 3 is 2.53 bits per heavy atom. The Balaban J connectivity index is 2.53. The molecule has 0 spiro atoms. The number of halogens is 3. The average molecular weight is 243 g/mol. The number of rotatable bonds is 2. The van der Waals surface area contributed by atoms with Crippen molar-refractivity contribution in [1.82, 2.24) is 5.16 Å². The molecular formula is C11H8F3NO2. The lowest BCUT2D eigenvalue weighted by Gasteiger charge is -2.12. The monoisotopic (exact) mass is 243 g/mol. The molecule has 6 heteroatoms. The van der Waals surface area contributed by atoms with E-state index < -0.39 is 11.7 Å². The van der Waals surface area contributed by atoms with Crippen molar-refractivity contribution < 1.29 is 22.4 Å². The summed E-state index contributed by atoms with van der Waals surface area (Å²) in [6.07, 6.45) is -3.17. The van der Waals surface area contributed by atoms with E-state index in [2.05, 4.69) is 14.4 Å². The molecule has 1 aromatic carbocycles. The Hall–Kier alpha value is -1.98. The number of aromatic nitrogens is 1. The summed E-state index contributed by atoms with van der Waals surface area (Å²) >= 11 is 0. The summed E-state index contributed by atoms with van der Waals surface area (Å²) < 4.78 is 47.5. The maximum atomic E-state index is 12.7. The quantitative estimate of drug-likeness (QED) is 0.811. The third kappa shape index (κ3) is 2.25. The number of methoxy groups -OCH3 is 1. The van der Waals surface area contributed by atoms with Crippen LogP contribution in [-0.4, -0.2) is 12.3 Å². The molecule has 0 bridgehead atoms. The van der Waals surface area contributed by atoms with Crippen LogP contribution in [0.2, 0.25) is 0 Å². The zero-order valence-corrected chi connectivity index (χ0v) is 8.78. The first-order chi connectivity index (χ1) is 8.02. The van der Waals surface area contributed by atoms with Crippen LogP contribution >= 0.6 is 0 Å². The number of benzene rings is 1. The molecule has 3 nitrogen and oxygen atoms in total.